The molecule has 0 radical (unpaired) electrons. The normalized spacial score (nSPS) is 15.5. The van der Waals surface area contributed by atoms with Crippen LogP contribution in [0.4, 0.5) is 11.5 Å². The van der Waals surface area contributed by atoms with E-state index < -0.39 is 0 Å². The molecule has 2 aromatic heterocycles. The SMILES string of the molecule is COc1cccc(OC)c1C(=O)N1CCCC1c1cc(Nc2ncccc2C)cc(C)n1. The van der Waals surface area contributed by atoms with Gasteiger partial charge in [0, 0.05) is 24.1 Å². The van der Waals surface area contributed by atoms with Crippen molar-refractivity contribution >= 4 is 17.4 Å². The van der Waals surface area contributed by atoms with Crippen molar-refractivity contribution in [2.24, 2.45) is 0 Å². The molecule has 7 heteroatoms. The molecular weight excluding hydrogens is 404 g/mol. The average Bonchev–Trinajstić information content (AvgIpc) is 3.29. The molecule has 1 unspecified atom stereocenters. The second-order valence-electron chi connectivity index (χ2n) is 7.91. The van der Waals surface area contributed by atoms with Crippen LogP contribution in [-0.4, -0.2) is 41.5 Å². The summed E-state index contributed by atoms with van der Waals surface area (Å²) in [5, 5.41) is 3.39. The number of benzene rings is 1. The van der Waals surface area contributed by atoms with Gasteiger partial charge in [-0.1, -0.05) is 12.1 Å². The molecule has 7 nitrogen and oxygen atoms in total. The lowest BCUT2D eigenvalue weighted by molar-refractivity contribution is 0.0725. The minimum absolute atomic E-state index is 0.111. The molecule has 1 N–H and O–H groups in total. The van der Waals surface area contributed by atoms with Crippen molar-refractivity contribution in [2.75, 3.05) is 26.1 Å². The zero-order valence-electron chi connectivity index (χ0n) is 18.9. The highest BCUT2D eigenvalue weighted by Gasteiger charge is 2.34. The number of pyridine rings is 2. The van der Waals surface area contributed by atoms with E-state index in [1.54, 1.807) is 32.5 Å². The van der Waals surface area contributed by atoms with Crippen molar-refractivity contribution in [2.45, 2.75) is 32.7 Å². The number of methoxy groups -OCH3 is 2. The summed E-state index contributed by atoms with van der Waals surface area (Å²) in [7, 11) is 3.12. The van der Waals surface area contributed by atoms with Gasteiger partial charge >= 0.3 is 0 Å². The molecule has 0 spiro atoms. The highest BCUT2D eigenvalue weighted by molar-refractivity contribution is 6.00. The Labute approximate surface area is 188 Å². The number of likely N-dealkylation sites (tertiary alicyclic amines) is 1. The second kappa shape index (κ2) is 9.26. The Morgan fingerprint density at radius 2 is 1.84 bits per heavy atom. The van der Waals surface area contributed by atoms with Gasteiger partial charge in [-0.3, -0.25) is 9.78 Å². The van der Waals surface area contributed by atoms with Gasteiger partial charge in [-0.25, -0.2) is 4.98 Å². The lowest BCUT2D eigenvalue weighted by atomic mass is 10.1. The van der Waals surface area contributed by atoms with Gasteiger partial charge in [0.05, 0.1) is 26.0 Å². The topological polar surface area (TPSA) is 76.6 Å². The monoisotopic (exact) mass is 432 g/mol. The minimum Gasteiger partial charge on any atom is -0.496 e. The number of carbonyl (C=O) groups excluding carboxylic acids is 1. The van der Waals surface area contributed by atoms with Gasteiger partial charge in [0.15, 0.2) is 0 Å². The van der Waals surface area contributed by atoms with Crippen molar-refractivity contribution in [3.63, 3.8) is 0 Å². The quantitative estimate of drug-likeness (QED) is 0.601. The van der Waals surface area contributed by atoms with E-state index in [-0.39, 0.29) is 11.9 Å². The largest absolute Gasteiger partial charge is 0.496 e. The molecule has 1 atom stereocenters. The fourth-order valence-corrected chi connectivity index (χ4v) is 4.21. The highest BCUT2D eigenvalue weighted by atomic mass is 16.5. The summed E-state index contributed by atoms with van der Waals surface area (Å²) in [6.07, 6.45) is 3.52. The molecule has 32 heavy (non-hydrogen) atoms. The van der Waals surface area contributed by atoms with Crippen LogP contribution in [0.1, 0.15) is 46.2 Å². The van der Waals surface area contributed by atoms with Crippen molar-refractivity contribution in [1.82, 2.24) is 14.9 Å². The van der Waals surface area contributed by atoms with Crippen molar-refractivity contribution < 1.29 is 14.3 Å². The Hall–Kier alpha value is -3.61. The number of rotatable bonds is 6. The van der Waals surface area contributed by atoms with E-state index in [9.17, 15) is 4.79 Å². The van der Waals surface area contributed by atoms with Crippen LogP contribution in [0.5, 0.6) is 11.5 Å². The summed E-state index contributed by atoms with van der Waals surface area (Å²) in [5.41, 5.74) is 4.15. The molecule has 1 saturated heterocycles. The number of carbonyl (C=O) groups is 1. The smallest absolute Gasteiger partial charge is 0.261 e. The number of amides is 1. The fourth-order valence-electron chi connectivity index (χ4n) is 4.21. The molecule has 3 aromatic rings. The van der Waals surface area contributed by atoms with Crippen LogP contribution < -0.4 is 14.8 Å². The summed E-state index contributed by atoms with van der Waals surface area (Å²) in [6.45, 7) is 4.63. The summed E-state index contributed by atoms with van der Waals surface area (Å²) in [6, 6.07) is 13.2. The van der Waals surface area contributed by atoms with Crippen LogP contribution in [0.25, 0.3) is 0 Å². The Morgan fingerprint density at radius 1 is 1.09 bits per heavy atom. The van der Waals surface area contributed by atoms with E-state index in [0.717, 1.165) is 41.3 Å². The van der Waals surface area contributed by atoms with Crippen LogP contribution in [0.2, 0.25) is 0 Å². The molecule has 0 bridgehead atoms. The zero-order valence-corrected chi connectivity index (χ0v) is 18.9. The van der Waals surface area contributed by atoms with Gasteiger partial charge < -0.3 is 19.7 Å². The summed E-state index contributed by atoms with van der Waals surface area (Å²) < 4.78 is 10.9. The third-order valence-corrected chi connectivity index (χ3v) is 5.74. The molecule has 4 rings (SSSR count). The van der Waals surface area contributed by atoms with E-state index in [2.05, 4.69) is 10.3 Å². The Kier molecular flexibility index (Phi) is 6.25. The predicted molar refractivity (Wildman–Crippen MR) is 124 cm³/mol. The standard InChI is InChI=1S/C25H28N4O3/c1-16-8-6-12-26-24(16)28-18-14-17(2)27-19(15-18)20-9-7-13-29(20)25(30)23-21(31-3)10-5-11-22(23)32-4/h5-6,8,10-12,14-15,20H,7,9,13H2,1-4H3,(H,26,27,28). The van der Waals surface area contributed by atoms with E-state index in [0.29, 0.717) is 23.6 Å². The Balaban J connectivity index is 1.66. The van der Waals surface area contributed by atoms with Crippen molar-refractivity contribution in [3.8, 4) is 11.5 Å². The average molecular weight is 433 g/mol. The first-order chi connectivity index (χ1) is 15.5. The third-order valence-electron chi connectivity index (χ3n) is 5.74. The van der Waals surface area contributed by atoms with Crippen molar-refractivity contribution in [3.05, 3.63) is 71.2 Å². The fraction of sp³-hybridized carbons (Fsp3) is 0.320. The van der Waals surface area contributed by atoms with Crippen LogP contribution in [0.15, 0.2) is 48.7 Å². The first-order valence-corrected chi connectivity index (χ1v) is 10.7. The first-order valence-electron chi connectivity index (χ1n) is 10.7. The number of hydrogen-bond donors (Lipinski definition) is 1. The van der Waals surface area contributed by atoms with Crippen molar-refractivity contribution in [1.29, 1.82) is 0 Å². The second-order valence-corrected chi connectivity index (χ2v) is 7.91. The van der Waals surface area contributed by atoms with E-state index in [1.165, 1.54) is 0 Å². The van der Waals surface area contributed by atoms with E-state index in [1.807, 2.05) is 49.1 Å². The number of anilines is 2. The maximum absolute atomic E-state index is 13.6. The molecule has 1 aromatic carbocycles. The number of aryl methyl sites for hydroxylation is 2. The number of nitrogens with zero attached hydrogens (tertiary/aromatic N) is 3. The van der Waals surface area contributed by atoms with E-state index >= 15 is 0 Å². The lowest BCUT2D eigenvalue weighted by Gasteiger charge is -2.26. The molecule has 1 aliphatic heterocycles. The maximum Gasteiger partial charge on any atom is 0.261 e. The molecule has 1 aliphatic rings. The van der Waals surface area contributed by atoms with Crippen LogP contribution >= 0.6 is 0 Å². The number of aromatic nitrogens is 2. The summed E-state index contributed by atoms with van der Waals surface area (Å²) in [4.78, 5) is 24.7. The number of nitrogens with one attached hydrogen (secondary N) is 1. The number of ether oxygens (including phenoxy) is 2. The van der Waals surface area contributed by atoms with Gasteiger partial charge in [0.25, 0.3) is 5.91 Å². The highest BCUT2D eigenvalue weighted by Crippen LogP contribution is 2.37. The minimum atomic E-state index is -0.123. The van der Waals surface area contributed by atoms with Gasteiger partial charge in [0.1, 0.15) is 22.9 Å². The molecular formula is C25H28N4O3. The summed E-state index contributed by atoms with van der Waals surface area (Å²) in [5.74, 6) is 1.71. The first kappa shape index (κ1) is 21.6. The lowest BCUT2D eigenvalue weighted by Crippen LogP contribution is -2.31. The van der Waals surface area contributed by atoms with Gasteiger partial charge in [-0.2, -0.15) is 0 Å². The Bertz CT molecular complexity index is 1110. The number of hydrogen-bond acceptors (Lipinski definition) is 6. The van der Waals surface area contributed by atoms with Gasteiger partial charge in [-0.15, -0.1) is 0 Å². The molecule has 0 saturated carbocycles. The van der Waals surface area contributed by atoms with Crippen LogP contribution in [-0.2, 0) is 0 Å². The van der Waals surface area contributed by atoms with Gasteiger partial charge in [-0.05, 0) is 62.6 Å². The zero-order chi connectivity index (χ0) is 22.7. The summed E-state index contributed by atoms with van der Waals surface area (Å²) >= 11 is 0. The molecule has 1 amide bonds. The van der Waals surface area contributed by atoms with Crippen LogP contribution in [0.3, 0.4) is 0 Å². The van der Waals surface area contributed by atoms with E-state index in [4.69, 9.17) is 14.5 Å². The van der Waals surface area contributed by atoms with Crippen LogP contribution in [0, 0.1) is 13.8 Å². The predicted octanol–water partition coefficient (Wildman–Crippen LogP) is 4.83. The Morgan fingerprint density at radius 3 is 2.53 bits per heavy atom. The van der Waals surface area contributed by atoms with Gasteiger partial charge in [0.2, 0.25) is 0 Å². The third kappa shape index (κ3) is 4.23. The molecule has 3 heterocycles. The molecule has 1 fully saturated rings. The maximum atomic E-state index is 13.6. The molecule has 166 valence electrons. The molecule has 0 aliphatic carbocycles.